The molecule has 11 rings (SSSR count). The minimum atomic E-state index is -4.51. The van der Waals surface area contributed by atoms with Crippen LogP contribution in [0, 0.1) is 12.3 Å². The van der Waals surface area contributed by atoms with Crippen molar-refractivity contribution in [2.75, 3.05) is 128 Å². The van der Waals surface area contributed by atoms with E-state index in [0.717, 1.165) is 103 Å². The number of carbonyl (C=O) groups excluding carboxylic acids is 2. The molecule has 26 nitrogen and oxygen atoms in total. The summed E-state index contributed by atoms with van der Waals surface area (Å²) in [7, 11) is -14.0. The van der Waals surface area contributed by atoms with Crippen molar-refractivity contribution in [3.63, 3.8) is 0 Å². The van der Waals surface area contributed by atoms with Gasteiger partial charge < -0.3 is 44.1 Å². The molecule has 7 aromatic rings. The van der Waals surface area contributed by atoms with Gasteiger partial charge in [0.2, 0.25) is 5.69 Å². The number of hydrogen-bond donors (Lipinski definition) is 6. The van der Waals surface area contributed by atoms with Crippen molar-refractivity contribution in [1.29, 1.82) is 0 Å². The van der Waals surface area contributed by atoms with Crippen molar-refractivity contribution in [3.05, 3.63) is 189 Å². The number of anilines is 2. The zero-order valence-electron chi connectivity index (χ0n) is 67.7. The van der Waals surface area contributed by atoms with Crippen molar-refractivity contribution in [2.24, 2.45) is 5.41 Å². The van der Waals surface area contributed by atoms with Crippen molar-refractivity contribution in [2.45, 2.75) is 146 Å². The highest BCUT2D eigenvalue weighted by Crippen LogP contribution is 2.52. The van der Waals surface area contributed by atoms with Crippen LogP contribution in [0.3, 0.4) is 0 Å². The van der Waals surface area contributed by atoms with Gasteiger partial charge in [0.15, 0.2) is 11.5 Å². The van der Waals surface area contributed by atoms with Gasteiger partial charge in [0, 0.05) is 100.0 Å². The lowest BCUT2D eigenvalue weighted by atomic mass is 9.75. The molecule has 0 saturated heterocycles. The van der Waals surface area contributed by atoms with Gasteiger partial charge >= 0.3 is 0 Å². The van der Waals surface area contributed by atoms with Crippen LogP contribution in [-0.4, -0.2) is 206 Å². The Morgan fingerprint density at radius 3 is 1.78 bits per heavy atom. The highest BCUT2D eigenvalue weighted by Gasteiger charge is 2.46. The van der Waals surface area contributed by atoms with Gasteiger partial charge in [-0.3, -0.25) is 27.8 Å². The number of nitrogens with zero attached hydrogens (tertiary/aromatic N) is 5. The number of Topliss-reactive ketones (excluding diaryl/α,β-unsaturated/α-hetero) is 1. The number of aryl methyl sites for hydroxylation is 1. The molecule has 6 aromatic carbocycles. The molecule has 116 heavy (non-hydrogen) atoms. The number of fused-ring (bicyclic) bond motifs is 7. The van der Waals surface area contributed by atoms with Crippen LogP contribution in [0.2, 0.25) is 0 Å². The lowest BCUT2D eigenvalue weighted by Gasteiger charge is -2.29. The van der Waals surface area contributed by atoms with Crippen LogP contribution in [-0.2, 0) is 88.0 Å². The van der Waals surface area contributed by atoms with Gasteiger partial charge in [0.05, 0.1) is 108 Å². The zero-order chi connectivity index (χ0) is 83.5. The maximum atomic E-state index is 13.2. The first-order valence-corrected chi connectivity index (χ1v) is 45.7. The predicted molar refractivity (Wildman–Crippen MR) is 451 cm³/mol. The molecule has 2 aliphatic carbocycles. The fourth-order valence-electron chi connectivity index (χ4n) is 16.3. The maximum absolute atomic E-state index is 13.2. The molecular weight excluding hydrogens is 1560 g/mol. The molecule has 2 aliphatic heterocycles. The van der Waals surface area contributed by atoms with E-state index >= 15 is 0 Å². The van der Waals surface area contributed by atoms with E-state index in [0.29, 0.717) is 171 Å². The van der Waals surface area contributed by atoms with Gasteiger partial charge in [-0.2, -0.15) is 43.3 Å². The zero-order valence-corrected chi connectivity index (χ0v) is 71.0. The summed E-state index contributed by atoms with van der Waals surface area (Å²) in [5, 5.41) is 14.6. The Kier molecular flexibility index (Phi) is 28.9. The third kappa shape index (κ3) is 22.0. The van der Waals surface area contributed by atoms with E-state index in [2.05, 4.69) is 110 Å². The third-order valence-electron chi connectivity index (χ3n) is 21.8. The lowest BCUT2D eigenvalue weighted by Crippen LogP contribution is -2.28. The predicted octanol–water partition coefficient (Wildman–Crippen LogP) is 13.4. The normalized spacial score (nSPS) is 16.9. The maximum Gasteiger partial charge on any atom is 0.294 e. The summed E-state index contributed by atoms with van der Waals surface area (Å²) >= 11 is 0. The van der Waals surface area contributed by atoms with Crippen molar-refractivity contribution >= 4 is 102 Å². The number of ketones is 1. The van der Waals surface area contributed by atoms with Gasteiger partial charge in [0.25, 0.3) is 46.4 Å². The minimum absolute atomic E-state index is 0.109. The average molecular weight is 1670 g/mol. The summed E-state index contributed by atoms with van der Waals surface area (Å²) in [4.78, 5) is 29.5. The quantitative estimate of drug-likeness (QED) is 0.0118. The van der Waals surface area contributed by atoms with Crippen LogP contribution >= 0.6 is 0 Å². The molecule has 0 radical (unpaired) electrons. The average Bonchev–Trinajstić information content (AvgIpc) is 1.57. The van der Waals surface area contributed by atoms with Gasteiger partial charge in [-0.05, 0) is 206 Å². The van der Waals surface area contributed by atoms with Gasteiger partial charge in [0.1, 0.15) is 6.54 Å². The monoisotopic (exact) mass is 1670 g/mol. The molecule has 0 spiro atoms. The first-order chi connectivity index (χ1) is 54.9. The summed E-state index contributed by atoms with van der Waals surface area (Å²) < 4.78 is 169. The smallest absolute Gasteiger partial charge is 0.294 e. The first-order valence-electron chi connectivity index (χ1n) is 39.6. The van der Waals surface area contributed by atoms with Crippen LogP contribution in [0.5, 0.6) is 0 Å². The standard InChI is InChI=1S/C86H109N7O19S4/c1-59-79-75(56-84(2,3)57-76(79)94)93(89-59)66-27-30-71(83(95)90(8)9)72(55-66)88-38-16-42-109-44-46-111-48-50-112-49-47-110-45-43-108-41-15-37-87-58-60-19-21-63(22-20-60)80-61(25-35-77-85(4,5)81-69-31-28-67(115(102,103)104)53-64(69)23-33-73(81)91(77)39-10-12-51-113(96,97)98)17-14-18-62(80)26-36-78-86(6,7)82-70-32-29-68(116(105,106)107)54-65(70)24-34-74(82)92(78)40-11-13-52-114(99,100)101/h19-36,53-55,87H,10-18,37-52,56-58H2,1-9H3,(H4-,88,95,96,97,98,99,100,101,102,103,104,105,106,107)/p+1. The van der Waals surface area contributed by atoms with Crippen LogP contribution in [0.1, 0.15) is 160 Å². The van der Waals surface area contributed by atoms with E-state index in [1.165, 1.54) is 24.3 Å². The second-order valence-electron chi connectivity index (χ2n) is 32.1. The molecule has 1 aromatic heterocycles. The number of amides is 1. The van der Waals surface area contributed by atoms with Crippen LogP contribution in [0.4, 0.5) is 17.1 Å². The molecule has 0 unspecified atom stereocenters. The first kappa shape index (κ1) is 88.6. The summed E-state index contributed by atoms with van der Waals surface area (Å²) in [6.07, 6.45) is 14.6. The number of hydrogen-bond acceptors (Lipinski definition) is 19. The highest BCUT2D eigenvalue weighted by molar-refractivity contribution is 7.86. The molecule has 6 N–H and O–H groups in total. The molecule has 4 aliphatic rings. The van der Waals surface area contributed by atoms with E-state index < -0.39 is 62.8 Å². The second kappa shape index (κ2) is 37.8. The Hall–Kier alpha value is -8.18. The molecule has 0 atom stereocenters. The van der Waals surface area contributed by atoms with E-state index in [1.54, 1.807) is 31.1 Å². The number of benzene rings is 6. The van der Waals surface area contributed by atoms with E-state index in [4.69, 9.17) is 28.8 Å². The number of unbranched alkanes of at least 4 members (excludes halogenated alkanes) is 2. The van der Waals surface area contributed by atoms with Crippen LogP contribution in [0.15, 0.2) is 154 Å². The number of allylic oxidation sites excluding steroid dienone is 8. The largest absolute Gasteiger partial charge is 0.384 e. The summed E-state index contributed by atoms with van der Waals surface area (Å²) in [6, 6.07) is 30.6. The number of rotatable bonds is 41. The highest BCUT2D eigenvalue weighted by atomic mass is 32.2. The van der Waals surface area contributed by atoms with Gasteiger partial charge in [-0.25, -0.2) is 4.68 Å². The second-order valence-corrected chi connectivity index (χ2v) is 38.1. The van der Waals surface area contributed by atoms with E-state index in [1.807, 2.05) is 54.1 Å². The Morgan fingerprint density at radius 1 is 0.612 bits per heavy atom. The lowest BCUT2D eigenvalue weighted by molar-refractivity contribution is -0.438. The SMILES string of the molecule is Cc1nn(-c2ccc(C(=O)N(C)C)c(NCCCOCCOCCOCCOCCOCCCNCc3ccc(C4=C(/C=C/C5=[N+](CCCCS(=O)(=O)O)c6ccc7cc(S(=O)(=O)O)ccc7c6C5(C)C)CCC/C4=C\C=C4\N(CCCCS(=O)(=O)O)c5ccc6cc(S(=O)(=O)O)ccc6c5C4(C)C)cc3)c2)c2c1C(=O)CC(C)(C)C2. The Labute approximate surface area is 682 Å². The molecule has 0 saturated carbocycles. The Balaban J connectivity index is 0.687. The summed E-state index contributed by atoms with van der Waals surface area (Å²) in [6.45, 7) is 21.5. The third-order valence-corrected chi connectivity index (χ3v) is 25.1. The molecule has 30 heteroatoms. The molecule has 3 heterocycles. The number of aromatic nitrogens is 2. The topological polar surface area (TPSA) is 349 Å². The van der Waals surface area contributed by atoms with Crippen LogP contribution < -0.4 is 15.5 Å². The molecule has 1 amide bonds. The Morgan fingerprint density at radius 2 is 1.19 bits per heavy atom. The molecule has 0 fully saturated rings. The van der Waals surface area contributed by atoms with E-state index in [-0.39, 0.29) is 39.7 Å². The Bertz CT molecular complexity index is 5450. The molecule has 626 valence electrons. The van der Waals surface area contributed by atoms with E-state index in [9.17, 15) is 61.5 Å². The summed E-state index contributed by atoms with van der Waals surface area (Å²) in [5.74, 6) is -0.825. The summed E-state index contributed by atoms with van der Waals surface area (Å²) in [5.41, 5.74) is 13.3. The fourth-order valence-corrected chi connectivity index (χ4v) is 18.5. The number of carbonyl (C=O) groups is 2. The van der Waals surface area contributed by atoms with Gasteiger partial charge in [-0.15, -0.1) is 0 Å². The molecule has 0 bridgehead atoms. The van der Waals surface area contributed by atoms with Crippen LogP contribution in [0.25, 0.3) is 32.8 Å². The molecular formula is C86H110N7O19S4+. The van der Waals surface area contributed by atoms with Gasteiger partial charge in [-0.1, -0.05) is 82.3 Å². The minimum Gasteiger partial charge on any atom is -0.384 e. The number of nitrogens with one attached hydrogen (secondary N) is 2. The van der Waals surface area contributed by atoms with Crippen molar-refractivity contribution in [1.82, 2.24) is 20.0 Å². The fraction of sp³-hybridized carbons (Fsp3) is 0.465. The van der Waals surface area contributed by atoms with Crippen molar-refractivity contribution < 1.29 is 89.7 Å². The number of ether oxygens (including phenoxy) is 5. The van der Waals surface area contributed by atoms with Crippen molar-refractivity contribution in [3.8, 4) is 5.69 Å².